The summed E-state index contributed by atoms with van der Waals surface area (Å²) in [6, 6.07) is 18.8. The van der Waals surface area contributed by atoms with Gasteiger partial charge in [0.2, 0.25) is 0 Å². The van der Waals surface area contributed by atoms with Gasteiger partial charge in [-0.25, -0.2) is 0 Å². The van der Waals surface area contributed by atoms with Crippen LogP contribution in [0.4, 0.5) is 0 Å². The van der Waals surface area contributed by atoms with Gasteiger partial charge in [0.05, 0.1) is 6.61 Å². The average molecular weight is 485 g/mol. The van der Waals surface area contributed by atoms with Crippen molar-refractivity contribution in [3.05, 3.63) is 60.2 Å². The molecule has 0 N–H and O–H groups in total. The first-order valence-electron chi connectivity index (χ1n) is 14.7. The molecular formula is C34H44O2. The van der Waals surface area contributed by atoms with Crippen molar-refractivity contribution in [1.29, 1.82) is 0 Å². The molecule has 8 unspecified atom stereocenters. The third-order valence-electron chi connectivity index (χ3n) is 11.6. The van der Waals surface area contributed by atoms with Crippen LogP contribution in [0.25, 0.3) is 11.1 Å². The molecule has 2 aromatic carbocycles. The number of methoxy groups -OCH3 is 1. The topological polar surface area (TPSA) is 26.3 Å². The number of rotatable bonds is 5. The number of hydrogen-bond acceptors (Lipinski definition) is 2. The van der Waals surface area contributed by atoms with Crippen molar-refractivity contribution in [2.45, 2.75) is 71.6 Å². The van der Waals surface area contributed by atoms with Crippen LogP contribution < -0.4 is 0 Å². The van der Waals surface area contributed by atoms with E-state index in [1.807, 2.05) is 19.2 Å². The molecule has 0 aliphatic heterocycles. The molecule has 0 amide bonds. The lowest BCUT2D eigenvalue weighted by atomic mass is 9.43. The van der Waals surface area contributed by atoms with Gasteiger partial charge in [-0.1, -0.05) is 74.9 Å². The highest BCUT2D eigenvalue weighted by Crippen LogP contribution is 2.68. The van der Waals surface area contributed by atoms with E-state index in [4.69, 9.17) is 4.74 Å². The molecule has 8 atom stereocenters. The van der Waals surface area contributed by atoms with Gasteiger partial charge in [0.25, 0.3) is 0 Å². The van der Waals surface area contributed by atoms with Crippen molar-refractivity contribution in [2.75, 3.05) is 13.7 Å². The lowest BCUT2D eigenvalue weighted by Gasteiger charge is -2.62. The highest BCUT2D eigenvalue weighted by Gasteiger charge is 2.62. The zero-order valence-electron chi connectivity index (χ0n) is 22.5. The Morgan fingerprint density at radius 2 is 1.67 bits per heavy atom. The van der Waals surface area contributed by atoms with E-state index in [0.29, 0.717) is 17.1 Å². The summed E-state index contributed by atoms with van der Waals surface area (Å²) in [5.74, 6) is 4.48. The first-order chi connectivity index (χ1) is 17.5. The fourth-order valence-electron chi connectivity index (χ4n) is 10.0. The molecule has 2 nitrogen and oxygen atoms in total. The van der Waals surface area contributed by atoms with Crippen LogP contribution in [0.1, 0.15) is 82.0 Å². The highest BCUT2D eigenvalue weighted by atomic mass is 16.5. The van der Waals surface area contributed by atoms with Crippen LogP contribution in [0.5, 0.6) is 0 Å². The minimum Gasteiger partial charge on any atom is -0.384 e. The van der Waals surface area contributed by atoms with E-state index in [9.17, 15) is 4.79 Å². The van der Waals surface area contributed by atoms with Crippen molar-refractivity contribution >= 4 is 5.78 Å². The minimum atomic E-state index is 0.130. The van der Waals surface area contributed by atoms with Gasteiger partial charge in [0, 0.05) is 18.6 Å². The molecule has 0 bridgehead atoms. The van der Waals surface area contributed by atoms with Crippen LogP contribution in [-0.2, 0) is 4.74 Å². The number of carbonyl (C=O) groups excluding carboxylic acids is 1. The second-order valence-corrected chi connectivity index (χ2v) is 13.1. The normalized spacial score (nSPS) is 39.6. The summed E-state index contributed by atoms with van der Waals surface area (Å²) in [7, 11) is 1.93. The molecule has 2 heteroatoms. The van der Waals surface area contributed by atoms with Gasteiger partial charge in [-0.2, -0.15) is 0 Å². The fraction of sp³-hybridized carbons (Fsp3) is 0.618. The smallest absolute Gasteiger partial charge is 0.167 e. The molecule has 4 aliphatic carbocycles. The molecule has 0 saturated heterocycles. The SMILES string of the molecule is COCC12CCC(C)CC1CCC1C3CCC(C(=O)c4ccccc4-c4ccccc4)C3(C)CCC12. The molecule has 4 aliphatic rings. The molecule has 36 heavy (non-hydrogen) atoms. The fourth-order valence-corrected chi connectivity index (χ4v) is 10.0. The van der Waals surface area contributed by atoms with Crippen LogP contribution in [-0.4, -0.2) is 19.5 Å². The zero-order chi connectivity index (χ0) is 24.9. The second-order valence-electron chi connectivity index (χ2n) is 13.1. The van der Waals surface area contributed by atoms with E-state index in [2.05, 4.69) is 56.3 Å². The van der Waals surface area contributed by atoms with Gasteiger partial charge < -0.3 is 4.74 Å². The summed E-state index contributed by atoms with van der Waals surface area (Å²) in [6.45, 7) is 5.90. The molecule has 4 fully saturated rings. The maximum atomic E-state index is 14.3. The number of Topliss-reactive ketones (excluding diaryl/α,β-unsaturated/α-hetero) is 1. The number of ether oxygens (including phenoxy) is 1. The lowest BCUT2D eigenvalue weighted by molar-refractivity contribution is -0.148. The van der Waals surface area contributed by atoms with E-state index in [1.54, 1.807) is 0 Å². The lowest BCUT2D eigenvalue weighted by Crippen LogP contribution is -2.56. The summed E-state index contributed by atoms with van der Waals surface area (Å²) in [5.41, 5.74) is 3.69. The van der Waals surface area contributed by atoms with E-state index < -0.39 is 0 Å². The molecule has 0 spiro atoms. The van der Waals surface area contributed by atoms with Crippen molar-refractivity contribution in [3.8, 4) is 11.1 Å². The molecule has 0 radical (unpaired) electrons. The van der Waals surface area contributed by atoms with Crippen molar-refractivity contribution in [2.24, 2.45) is 46.3 Å². The molecule has 2 aromatic rings. The quantitative estimate of drug-likeness (QED) is 0.398. The van der Waals surface area contributed by atoms with Crippen molar-refractivity contribution in [1.82, 2.24) is 0 Å². The number of hydrogen-bond donors (Lipinski definition) is 0. The third-order valence-corrected chi connectivity index (χ3v) is 11.6. The number of carbonyl (C=O) groups is 1. The van der Waals surface area contributed by atoms with Gasteiger partial charge in [-0.05, 0) is 103 Å². The zero-order valence-corrected chi connectivity index (χ0v) is 22.5. The predicted molar refractivity (Wildman–Crippen MR) is 147 cm³/mol. The Morgan fingerprint density at radius 1 is 0.889 bits per heavy atom. The maximum absolute atomic E-state index is 14.3. The van der Waals surface area contributed by atoms with Crippen molar-refractivity contribution in [3.63, 3.8) is 0 Å². The maximum Gasteiger partial charge on any atom is 0.167 e. The Hall–Kier alpha value is -1.93. The van der Waals surface area contributed by atoms with E-state index in [-0.39, 0.29) is 11.3 Å². The van der Waals surface area contributed by atoms with E-state index in [1.165, 1.54) is 51.4 Å². The van der Waals surface area contributed by atoms with Gasteiger partial charge in [0.15, 0.2) is 5.78 Å². The standard InChI is InChI=1S/C34H44O2/c1-23-17-20-34(22-36-3)25(21-23)13-14-28-29-15-16-31(33(29,2)19-18-30(28)34)32(35)27-12-8-7-11-26(27)24-9-5-4-6-10-24/h4-12,23,25,28-31H,13-22H2,1-3H3. The number of ketones is 1. The highest BCUT2D eigenvalue weighted by molar-refractivity contribution is 6.04. The molecule has 192 valence electrons. The molecule has 4 saturated carbocycles. The van der Waals surface area contributed by atoms with E-state index >= 15 is 0 Å². The summed E-state index contributed by atoms with van der Waals surface area (Å²) in [4.78, 5) is 14.3. The van der Waals surface area contributed by atoms with Gasteiger partial charge in [-0.15, -0.1) is 0 Å². The minimum absolute atomic E-state index is 0.130. The summed E-state index contributed by atoms with van der Waals surface area (Å²) in [5, 5.41) is 0. The van der Waals surface area contributed by atoms with E-state index in [0.717, 1.165) is 53.4 Å². The Bertz CT molecular complexity index is 1090. The summed E-state index contributed by atoms with van der Waals surface area (Å²) < 4.78 is 5.98. The first-order valence-corrected chi connectivity index (χ1v) is 14.7. The molecule has 6 rings (SSSR count). The Morgan fingerprint density at radius 3 is 2.47 bits per heavy atom. The van der Waals surface area contributed by atoms with Gasteiger partial charge >= 0.3 is 0 Å². The Balaban J connectivity index is 1.29. The summed E-state index contributed by atoms with van der Waals surface area (Å²) in [6.07, 6.45) is 11.6. The van der Waals surface area contributed by atoms with Crippen LogP contribution in [0.2, 0.25) is 0 Å². The first kappa shape index (κ1) is 24.4. The predicted octanol–water partition coefficient (Wildman–Crippen LogP) is 8.46. The summed E-state index contributed by atoms with van der Waals surface area (Å²) >= 11 is 0. The van der Waals surface area contributed by atoms with Gasteiger partial charge in [-0.3, -0.25) is 4.79 Å². The Labute approximate surface area is 218 Å². The largest absolute Gasteiger partial charge is 0.384 e. The number of benzene rings is 2. The third kappa shape index (κ3) is 3.73. The molecule has 0 heterocycles. The van der Waals surface area contributed by atoms with Crippen LogP contribution in [0, 0.1) is 46.3 Å². The van der Waals surface area contributed by atoms with Crippen LogP contribution >= 0.6 is 0 Å². The average Bonchev–Trinajstić information content (AvgIpc) is 3.26. The second kappa shape index (κ2) is 9.43. The van der Waals surface area contributed by atoms with Crippen LogP contribution in [0.15, 0.2) is 54.6 Å². The molecular weight excluding hydrogens is 440 g/mol. The van der Waals surface area contributed by atoms with Crippen molar-refractivity contribution < 1.29 is 9.53 Å². The Kier molecular flexibility index (Phi) is 6.39. The van der Waals surface area contributed by atoms with Gasteiger partial charge in [0.1, 0.15) is 0 Å². The number of fused-ring (bicyclic) bond motifs is 5. The monoisotopic (exact) mass is 484 g/mol. The van der Waals surface area contributed by atoms with Crippen LogP contribution in [0.3, 0.4) is 0 Å². The molecule has 0 aromatic heterocycles.